The van der Waals surface area contributed by atoms with Crippen molar-refractivity contribution >= 4 is 11.8 Å². The van der Waals surface area contributed by atoms with Crippen LogP contribution < -0.4 is 17.2 Å². The van der Waals surface area contributed by atoms with Crippen LogP contribution in [0.5, 0.6) is 0 Å². The third-order valence-electron chi connectivity index (χ3n) is 2.38. The molecule has 16 heavy (non-hydrogen) atoms. The number of carbonyl (C=O) groups is 2. The highest BCUT2D eigenvalue weighted by atomic mass is 16.4. The summed E-state index contributed by atoms with van der Waals surface area (Å²) in [5, 5.41) is 17.6. The van der Waals surface area contributed by atoms with E-state index in [1.165, 1.54) is 0 Å². The lowest BCUT2D eigenvalue weighted by Crippen LogP contribution is -2.62. The SMILES string of the molecule is NCCCC[C@@H](N)C(=O)[C@](N)(CO)C(=O)O. The van der Waals surface area contributed by atoms with E-state index in [9.17, 15) is 9.59 Å². The summed E-state index contributed by atoms with van der Waals surface area (Å²) < 4.78 is 0. The number of unbranched alkanes of at least 4 members (excludes halogenated alkanes) is 1. The first-order valence-electron chi connectivity index (χ1n) is 5.03. The van der Waals surface area contributed by atoms with Gasteiger partial charge in [-0.3, -0.25) is 4.79 Å². The lowest BCUT2D eigenvalue weighted by Gasteiger charge is -2.23. The molecule has 0 amide bonds. The summed E-state index contributed by atoms with van der Waals surface area (Å²) in [5.41, 5.74) is 13.8. The Bertz CT molecular complexity index is 259. The predicted octanol–water partition coefficient (Wildman–Crippen LogP) is -2.21. The highest BCUT2D eigenvalue weighted by molar-refractivity contribution is 6.09. The Hall–Kier alpha value is -1.02. The van der Waals surface area contributed by atoms with Gasteiger partial charge in [-0.15, -0.1) is 0 Å². The van der Waals surface area contributed by atoms with Crippen LogP contribution in [-0.2, 0) is 9.59 Å². The van der Waals surface area contributed by atoms with Crippen molar-refractivity contribution in [1.82, 2.24) is 0 Å². The molecule has 0 spiro atoms. The molecule has 0 bridgehead atoms. The van der Waals surface area contributed by atoms with E-state index in [4.69, 9.17) is 27.4 Å². The average molecular weight is 233 g/mol. The Morgan fingerprint density at radius 2 is 1.88 bits per heavy atom. The van der Waals surface area contributed by atoms with E-state index in [0.29, 0.717) is 25.8 Å². The monoisotopic (exact) mass is 233 g/mol. The van der Waals surface area contributed by atoms with Crippen molar-refractivity contribution in [2.45, 2.75) is 30.8 Å². The Kier molecular flexibility index (Phi) is 6.12. The molecule has 0 saturated heterocycles. The molecule has 0 aliphatic carbocycles. The van der Waals surface area contributed by atoms with Crippen LogP contribution in [0.2, 0.25) is 0 Å². The van der Waals surface area contributed by atoms with E-state index in [1.807, 2.05) is 0 Å². The topological polar surface area (TPSA) is 153 Å². The second-order valence-corrected chi connectivity index (χ2v) is 3.69. The Balaban J connectivity index is 4.45. The number of carboxylic acids is 1. The van der Waals surface area contributed by atoms with Gasteiger partial charge in [0.15, 0.2) is 11.3 Å². The van der Waals surface area contributed by atoms with Gasteiger partial charge in [-0.05, 0) is 19.4 Å². The number of carboxylic acid groups (broad SMARTS) is 1. The number of carbonyl (C=O) groups excluding carboxylic acids is 1. The average Bonchev–Trinajstić information content (AvgIpc) is 2.26. The largest absolute Gasteiger partial charge is 0.479 e. The molecular formula is C9H19N3O4. The molecule has 7 nitrogen and oxygen atoms in total. The molecule has 0 fully saturated rings. The number of aliphatic hydroxyl groups excluding tert-OH is 1. The lowest BCUT2D eigenvalue weighted by molar-refractivity contribution is -0.150. The quantitative estimate of drug-likeness (QED) is 0.235. The highest BCUT2D eigenvalue weighted by Gasteiger charge is 2.43. The number of rotatable bonds is 8. The van der Waals surface area contributed by atoms with Gasteiger partial charge >= 0.3 is 5.97 Å². The van der Waals surface area contributed by atoms with E-state index in [2.05, 4.69) is 0 Å². The fraction of sp³-hybridized carbons (Fsp3) is 0.778. The van der Waals surface area contributed by atoms with Gasteiger partial charge in [-0.25, -0.2) is 4.79 Å². The van der Waals surface area contributed by atoms with E-state index in [-0.39, 0.29) is 0 Å². The molecule has 0 heterocycles. The van der Waals surface area contributed by atoms with Gasteiger partial charge in [0, 0.05) is 0 Å². The first-order valence-corrected chi connectivity index (χ1v) is 5.03. The highest BCUT2D eigenvalue weighted by Crippen LogP contribution is 2.09. The van der Waals surface area contributed by atoms with Crippen LogP contribution in [-0.4, -0.2) is 46.7 Å². The minimum absolute atomic E-state index is 0.308. The van der Waals surface area contributed by atoms with Crippen LogP contribution in [0.15, 0.2) is 0 Å². The molecule has 0 aliphatic heterocycles. The van der Waals surface area contributed by atoms with Gasteiger partial charge in [0.1, 0.15) is 0 Å². The standard InChI is InChI=1S/C9H19N3O4/c10-4-2-1-3-6(11)7(14)9(12,5-13)8(15)16/h6,13H,1-5,10-12H2,(H,15,16)/t6-,9-/m1/s1. The fourth-order valence-electron chi connectivity index (χ4n) is 1.22. The van der Waals surface area contributed by atoms with Gasteiger partial charge < -0.3 is 27.4 Å². The van der Waals surface area contributed by atoms with Crippen molar-refractivity contribution in [1.29, 1.82) is 0 Å². The Morgan fingerprint density at radius 3 is 2.25 bits per heavy atom. The number of ketones is 1. The molecule has 0 aromatic heterocycles. The molecule has 0 rings (SSSR count). The molecular weight excluding hydrogens is 214 g/mol. The van der Waals surface area contributed by atoms with E-state index < -0.39 is 29.9 Å². The van der Waals surface area contributed by atoms with Crippen molar-refractivity contribution in [2.24, 2.45) is 17.2 Å². The van der Waals surface area contributed by atoms with Crippen molar-refractivity contribution in [3.05, 3.63) is 0 Å². The minimum Gasteiger partial charge on any atom is -0.479 e. The number of hydrogen-bond acceptors (Lipinski definition) is 6. The third kappa shape index (κ3) is 3.53. The lowest BCUT2D eigenvalue weighted by atomic mass is 9.89. The fourth-order valence-corrected chi connectivity index (χ4v) is 1.22. The maximum Gasteiger partial charge on any atom is 0.333 e. The molecule has 2 atom stereocenters. The molecule has 0 aromatic rings. The molecule has 0 unspecified atom stereocenters. The summed E-state index contributed by atoms with van der Waals surface area (Å²) in [6.45, 7) is -0.487. The number of aliphatic hydroxyl groups is 1. The maximum absolute atomic E-state index is 11.6. The van der Waals surface area contributed by atoms with Crippen LogP contribution in [0.1, 0.15) is 19.3 Å². The number of Topliss-reactive ketones (excluding diaryl/α,β-unsaturated/α-hetero) is 1. The number of aliphatic carboxylic acids is 1. The van der Waals surface area contributed by atoms with Crippen molar-refractivity contribution < 1.29 is 19.8 Å². The molecule has 7 heteroatoms. The molecule has 0 aromatic carbocycles. The molecule has 0 saturated carbocycles. The molecule has 0 aliphatic rings. The second-order valence-electron chi connectivity index (χ2n) is 3.69. The van der Waals surface area contributed by atoms with E-state index >= 15 is 0 Å². The first-order chi connectivity index (χ1) is 7.40. The zero-order valence-electron chi connectivity index (χ0n) is 9.06. The summed E-state index contributed by atoms with van der Waals surface area (Å²) in [5.74, 6) is -2.44. The van der Waals surface area contributed by atoms with Crippen molar-refractivity contribution in [2.75, 3.05) is 13.2 Å². The van der Waals surface area contributed by atoms with Crippen LogP contribution in [0, 0.1) is 0 Å². The maximum atomic E-state index is 11.6. The van der Waals surface area contributed by atoms with Crippen LogP contribution >= 0.6 is 0 Å². The minimum atomic E-state index is -2.30. The zero-order chi connectivity index (χ0) is 12.8. The Labute approximate surface area is 93.6 Å². The van der Waals surface area contributed by atoms with E-state index in [1.54, 1.807) is 0 Å². The normalized spacial score (nSPS) is 16.5. The number of nitrogens with two attached hydrogens (primary N) is 3. The molecule has 94 valence electrons. The van der Waals surface area contributed by atoms with Gasteiger partial charge in [0.2, 0.25) is 0 Å². The summed E-state index contributed by atoms with van der Waals surface area (Å²) in [6.07, 6.45) is 1.62. The smallest absolute Gasteiger partial charge is 0.333 e. The van der Waals surface area contributed by atoms with Gasteiger partial charge in [-0.2, -0.15) is 0 Å². The summed E-state index contributed by atoms with van der Waals surface area (Å²) in [7, 11) is 0. The van der Waals surface area contributed by atoms with Crippen LogP contribution in [0.4, 0.5) is 0 Å². The first kappa shape index (κ1) is 15.0. The van der Waals surface area contributed by atoms with Crippen LogP contribution in [0.25, 0.3) is 0 Å². The molecule has 0 radical (unpaired) electrons. The summed E-state index contributed by atoms with van der Waals surface area (Å²) in [4.78, 5) is 22.4. The third-order valence-corrected chi connectivity index (χ3v) is 2.38. The van der Waals surface area contributed by atoms with Gasteiger partial charge in [0.05, 0.1) is 12.6 Å². The second kappa shape index (κ2) is 6.54. The predicted molar refractivity (Wildman–Crippen MR) is 57.5 cm³/mol. The number of hydrogen-bond donors (Lipinski definition) is 5. The van der Waals surface area contributed by atoms with E-state index in [0.717, 1.165) is 0 Å². The summed E-state index contributed by atoms with van der Waals surface area (Å²) >= 11 is 0. The van der Waals surface area contributed by atoms with Crippen molar-refractivity contribution in [3.63, 3.8) is 0 Å². The van der Waals surface area contributed by atoms with Crippen LogP contribution in [0.3, 0.4) is 0 Å². The zero-order valence-corrected chi connectivity index (χ0v) is 9.06. The van der Waals surface area contributed by atoms with Gasteiger partial charge in [0.25, 0.3) is 0 Å². The molecule has 8 N–H and O–H groups in total. The van der Waals surface area contributed by atoms with Gasteiger partial charge in [-0.1, -0.05) is 6.42 Å². The Morgan fingerprint density at radius 1 is 1.31 bits per heavy atom. The summed E-state index contributed by atoms with van der Waals surface area (Å²) in [6, 6.07) is -0.986. The van der Waals surface area contributed by atoms with Crippen molar-refractivity contribution in [3.8, 4) is 0 Å².